The van der Waals surface area contributed by atoms with E-state index in [1.54, 1.807) is 31.3 Å². The summed E-state index contributed by atoms with van der Waals surface area (Å²) >= 11 is 0. The first kappa shape index (κ1) is 19.6. The zero-order valence-corrected chi connectivity index (χ0v) is 15.2. The smallest absolute Gasteiger partial charge is 0.223 e. The summed E-state index contributed by atoms with van der Waals surface area (Å²) in [5, 5.41) is 5.51. The van der Waals surface area contributed by atoms with Crippen LogP contribution >= 0.6 is 0 Å². The highest BCUT2D eigenvalue weighted by atomic mass is 16.5. The molecule has 1 fully saturated rings. The van der Waals surface area contributed by atoms with Gasteiger partial charge in [-0.1, -0.05) is 6.07 Å². The summed E-state index contributed by atoms with van der Waals surface area (Å²) in [4.78, 5) is 37.2. The number of hydrogen-bond acceptors (Lipinski definition) is 5. The molecular weight excluding hydrogens is 338 g/mol. The second kappa shape index (κ2) is 9.65. The van der Waals surface area contributed by atoms with Crippen molar-refractivity contribution in [3.05, 3.63) is 23.8 Å². The Hall–Kier alpha value is -2.77. The quantitative estimate of drug-likeness (QED) is 0.733. The van der Waals surface area contributed by atoms with Crippen molar-refractivity contribution in [2.45, 2.75) is 25.8 Å². The number of hydrogen-bond donors (Lipinski definition) is 2. The van der Waals surface area contributed by atoms with Gasteiger partial charge < -0.3 is 25.0 Å². The third kappa shape index (κ3) is 5.37. The minimum absolute atomic E-state index is 0.0520. The van der Waals surface area contributed by atoms with Crippen LogP contribution < -0.4 is 20.1 Å². The molecule has 0 atom stereocenters. The summed E-state index contributed by atoms with van der Waals surface area (Å²) in [5.41, 5.74) is 0.745. The second-order valence-electron chi connectivity index (χ2n) is 5.90. The van der Waals surface area contributed by atoms with E-state index in [-0.39, 0.29) is 37.1 Å². The number of methoxy groups -OCH3 is 2. The Morgan fingerprint density at radius 3 is 2.50 bits per heavy atom. The Balaban J connectivity index is 1.82. The monoisotopic (exact) mass is 363 g/mol. The van der Waals surface area contributed by atoms with Crippen molar-refractivity contribution in [1.29, 1.82) is 0 Å². The molecule has 1 aromatic carbocycles. The summed E-state index contributed by atoms with van der Waals surface area (Å²) in [6.45, 7) is 1.57. The van der Waals surface area contributed by atoms with Crippen molar-refractivity contribution in [3.8, 4) is 11.5 Å². The van der Waals surface area contributed by atoms with Gasteiger partial charge in [-0.3, -0.25) is 14.4 Å². The number of nitrogens with one attached hydrogen (secondary N) is 2. The van der Waals surface area contributed by atoms with Crippen molar-refractivity contribution in [2.24, 2.45) is 0 Å². The fraction of sp³-hybridized carbons (Fsp3) is 0.500. The maximum absolute atomic E-state index is 12.2. The maximum Gasteiger partial charge on any atom is 0.223 e. The molecule has 0 bridgehead atoms. The van der Waals surface area contributed by atoms with Gasteiger partial charge in [-0.2, -0.15) is 0 Å². The molecule has 0 aliphatic carbocycles. The number of carbonyl (C=O) groups is 3. The molecule has 26 heavy (non-hydrogen) atoms. The fourth-order valence-corrected chi connectivity index (χ4v) is 2.77. The van der Waals surface area contributed by atoms with Crippen molar-refractivity contribution in [3.63, 3.8) is 0 Å². The average molecular weight is 363 g/mol. The van der Waals surface area contributed by atoms with Crippen molar-refractivity contribution < 1.29 is 23.9 Å². The summed E-state index contributed by atoms with van der Waals surface area (Å²) in [5.74, 6) is 0.857. The van der Waals surface area contributed by atoms with Gasteiger partial charge in [0.15, 0.2) is 0 Å². The highest BCUT2D eigenvalue weighted by Crippen LogP contribution is 2.27. The molecule has 2 rings (SSSR count). The molecule has 0 unspecified atom stereocenters. The van der Waals surface area contributed by atoms with Crippen LogP contribution in [0.4, 0.5) is 0 Å². The van der Waals surface area contributed by atoms with Crippen LogP contribution in [0, 0.1) is 0 Å². The van der Waals surface area contributed by atoms with E-state index in [1.165, 1.54) is 0 Å². The Morgan fingerprint density at radius 2 is 1.85 bits per heavy atom. The molecule has 1 heterocycles. The minimum atomic E-state index is -0.227. The van der Waals surface area contributed by atoms with Crippen LogP contribution in [0.3, 0.4) is 0 Å². The van der Waals surface area contributed by atoms with Crippen LogP contribution in [0.2, 0.25) is 0 Å². The van der Waals surface area contributed by atoms with E-state index in [9.17, 15) is 14.4 Å². The lowest BCUT2D eigenvalue weighted by Gasteiger charge is -2.19. The van der Waals surface area contributed by atoms with E-state index in [0.29, 0.717) is 37.6 Å². The van der Waals surface area contributed by atoms with E-state index in [2.05, 4.69) is 10.6 Å². The average Bonchev–Trinajstić information content (AvgIpc) is 2.88. The molecule has 3 amide bonds. The van der Waals surface area contributed by atoms with Gasteiger partial charge in [0.2, 0.25) is 17.7 Å². The zero-order valence-electron chi connectivity index (χ0n) is 15.2. The first-order valence-corrected chi connectivity index (χ1v) is 8.56. The predicted octanol–water partition coefficient (Wildman–Crippen LogP) is 0.449. The number of ether oxygens (including phenoxy) is 2. The van der Waals surface area contributed by atoms with E-state index >= 15 is 0 Å². The fourth-order valence-electron chi connectivity index (χ4n) is 2.77. The van der Waals surface area contributed by atoms with Gasteiger partial charge in [0, 0.05) is 38.9 Å². The third-order valence-electron chi connectivity index (χ3n) is 4.22. The molecule has 1 aliphatic heterocycles. The second-order valence-corrected chi connectivity index (χ2v) is 5.90. The van der Waals surface area contributed by atoms with Crippen molar-refractivity contribution in [1.82, 2.24) is 15.5 Å². The molecule has 1 aromatic rings. The molecule has 8 heteroatoms. The Bertz CT molecular complexity index is 640. The topological polar surface area (TPSA) is 97.0 Å². The highest BCUT2D eigenvalue weighted by molar-refractivity contribution is 5.84. The lowest BCUT2D eigenvalue weighted by molar-refractivity contribution is -0.133. The molecule has 0 saturated carbocycles. The lowest BCUT2D eigenvalue weighted by Crippen LogP contribution is -2.35. The van der Waals surface area contributed by atoms with Gasteiger partial charge in [-0.05, 0) is 12.1 Å². The van der Waals surface area contributed by atoms with Crippen LogP contribution in [0.15, 0.2) is 18.2 Å². The molecule has 142 valence electrons. The van der Waals surface area contributed by atoms with Crippen molar-refractivity contribution in [2.75, 3.05) is 33.9 Å². The first-order valence-electron chi connectivity index (χ1n) is 8.56. The van der Waals surface area contributed by atoms with Crippen LogP contribution in [0.25, 0.3) is 0 Å². The summed E-state index contributed by atoms with van der Waals surface area (Å²) in [6.07, 6.45) is 0.503. The predicted molar refractivity (Wildman–Crippen MR) is 94.8 cm³/mol. The van der Waals surface area contributed by atoms with Gasteiger partial charge in [0.1, 0.15) is 11.5 Å². The SMILES string of the molecule is COc1cccc(OC)c1CNC(=O)CCC(=O)N1CCNC(=O)CC1. The Kier molecular flexibility index (Phi) is 7.25. The number of amides is 3. The van der Waals surface area contributed by atoms with Gasteiger partial charge >= 0.3 is 0 Å². The van der Waals surface area contributed by atoms with Gasteiger partial charge in [0.05, 0.1) is 26.3 Å². The van der Waals surface area contributed by atoms with Crippen LogP contribution in [0.5, 0.6) is 11.5 Å². The van der Waals surface area contributed by atoms with Gasteiger partial charge in [-0.25, -0.2) is 0 Å². The van der Waals surface area contributed by atoms with Crippen molar-refractivity contribution >= 4 is 17.7 Å². The Morgan fingerprint density at radius 1 is 1.15 bits per heavy atom. The zero-order chi connectivity index (χ0) is 18.9. The molecule has 0 spiro atoms. The van der Waals surface area contributed by atoms with E-state index in [0.717, 1.165) is 5.56 Å². The molecule has 2 N–H and O–H groups in total. The number of carbonyl (C=O) groups excluding carboxylic acids is 3. The number of rotatable bonds is 7. The summed E-state index contributed by atoms with van der Waals surface area (Å²) < 4.78 is 10.6. The summed E-state index contributed by atoms with van der Waals surface area (Å²) in [7, 11) is 3.11. The van der Waals surface area contributed by atoms with Crippen LogP contribution in [0.1, 0.15) is 24.8 Å². The van der Waals surface area contributed by atoms with E-state index in [1.807, 2.05) is 6.07 Å². The summed E-state index contributed by atoms with van der Waals surface area (Å²) in [6, 6.07) is 5.40. The van der Waals surface area contributed by atoms with Crippen LogP contribution in [-0.4, -0.2) is 56.5 Å². The number of nitrogens with zero attached hydrogens (tertiary/aromatic N) is 1. The van der Waals surface area contributed by atoms with Crippen LogP contribution in [-0.2, 0) is 20.9 Å². The Labute approximate surface area is 152 Å². The molecule has 1 aliphatic rings. The van der Waals surface area contributed by atoms with E-state index in [4.69, 9.17) is 9.47 Å². The standard InChI is InChI=1S/C18H25N3O5/c1-25-14-4-3-5-15(26-2)13(14)12-20-16(22)6-7-18(24)21-10-8-17(23)19-9-11-21/h3-5H,6-12H2,1-2H3,(H,19,23)(H,20,22). The number of benzene rings is 1. The third-order valence-corrected chi connectivity index (χ3v) is 4.22. The largest absolute Gasteiger partial charge is 0.496 e. The minimum Gasteiger partial charge on any atom is -0.496 e. The maximum atomic E-state index is 12.2. The lowest BCUT2D eigenvalue weighted by atomic mass is 10.1. The molecule has 0 aromatic heterocycles. The molecule has 1 saturated heterocycles. The highest BCUT2D eigenvalue weighted by Gasteiger charge is 2.19. The molecule has 8 nitrogen and oxygen atoms in total. The molecule has 0 radical (unpaired) electrons. The van der Waals surface area contributed by atoms with Gasteiger partial charge in [0.25, 0.3) is 0 Å². The van der Waals surface area contributed by atoms with E-state index < -0.39 is 0 Å². The molecular formula is C18H25N3O5. The first-order chi connectivity index (χ1) is 12.5. The normalized spacial score (nSPS) is 14.2. The van der Waals surface area contributed by atoms with Gasteiger partial charge in [-0.15, -0.1) is 0 Å².